The van der Waals surface area contributed by atoms with Crippen molar-refractivity contribution in [1.82, 2.24) is 0 Å². The first kappa shape index (κ1) is 17.9. The Morgan fingerprint density at radius 2 is 0.818 bits per heavy atom. The summed E-state index contributed by atoms with van der Waals surface area (Å²) in [7, 11) is -0.995. The van der Waals surface area contributed by atoms with Crippen molar-refractivity contribution < 1.29 is 42.7 Å². The van der Waals surface area contributed by atoms with Gasteiger partial charge >= 0.3 is 16.8 Å². The van der Waals surface area contributed by atoms with Gasteiger partial charge in [-0.1, -0.05) is 0 Å². The third kappa shape index (κ3) is 1050. The summed E-state index contributed by atoms with van der Waals surface area (Å²) in [5, 5.41) is 0. The normalized spacial score (nSPS) is 10.5. The van der Waals surface area contributed by atoms with Gasteiger partial charge < -0.3 is 9.11 Å². The molecule has 0 N–H and O–H groups in total. The minimum atomic E-state index is -4.44. The van der Waals surface area contributed by atoms with Gasteiger partial charge in [-0.15, -0.1) is 0 Å². The van der Waals surface area contributed by atoms with Crippen LogP contribution in [0.3, 0.4) is 0 Å². The Labute approximate surface area is 82.6 Å². The second-order valence-corrected chi connectivity index (χ2v) is 4.63. The van der Waals surface area contributed by atoms with Crippen LogP contribution in [0.4, 0.5) is 0 Å². The molecule has 11 heavy (non-hydrogen) atoms. The predicted molar refractivity (Wildman–Crippen MR) is 31.1 cm³/mol. The Hall–Kier alpha value is 0.906. The summed E-state index contributed by atoms with van der Waals surface area (Å²) in [5.74, 6) is 0. The SMILES string of the molecule is O=S(=O)([O-])Cl.O=S(=O)([O-])Cl.[Co+2]. The molecule has 0 aromatic carbocycles. The Morgan fingerprint density at radius 3 is 0.818 bits per heavy atom. The van der Waals surface area contributed by atoms with E-state index >= 15 is 0 Å². The summed E-state index contributed by atoms with van der Waals surface area (Å²) in [4.78, 5) is 0. The molecule has 11 heteroatoms. The summed E-state index contributed by atoms with van der Waals surface area (Å²) in [6, 6.07) is 0. The maximum Gasteiger partial charge on any atom is 2.00 e. The minimum absolute atomic E-state index is 0. The van der Waals surface area contributed by atoms with E-state index in [1.165, 1.54) is 0 Å². The van der Waals surface area contributed by atoms with Gasteiger partial charge in [-0.3, -0.25) is 0 Å². The van der Waals surface area contributed by atoms with Crippen LogP contribution in [-0.2, 0) is 35.4 Å². The van der Waals surface area contributed by atoms with Crippen molar-refractivity contribution in [2.24, 2.45) is 0 Å². The van der Waals surface area contributed by atoms with E-state index in [2.05, 4.69) is 21.4 Å². The molecule has 0 aliphatic heterocycles. The zero-order valence-electron chi connectivity index (χ0n) is 4.36. The monoisotopic (exact) mass is 289 g/mol. The minimum Gasteiger partial charge on any atom is -0.735 e. The molecule has 1 radical (unpaired) electrons. The molecule has 0 rings (SSSR count). The molecule has 0 saturated carbocycles. The van der Waals surface area contributed by atoms with Crippen LogP contribution in [0, 0.1) is 0 Å². The van der Waals surface area contributed by atoms with Crippen LogP contribution in [0.15, 0.2) is 0 Å². The summed E-state index contributed by atoms with van der Waals surface area (Å²) < 4.78 is 53.1. The van der Waals surface area contributed by atoms with Gasteiger partial charge in [0.1, 0.15) is 0 Å². The van der Waals surface area contributed by atoms with E-state index in [-0.39, 0.29) is 16.8 Å². The predicted octanol–water partition coefficient (Wildman–Crippen LogP) is -0.632. The van der Waals surface area contributed by atoms with E-state index in [1.807, 2.05) is 0 Å². The van der Waals surface area contributed by atoms with E-state index in [0.29, 0.717) is 0 Å². The van der Waals surface area contributed by atoms with E-state index in [4.69, 9.17) is 25.9 Å². The molecule has 0 unspecified atom stereocenters. The van der Waals surface area contributed by atoms with Crippen LogP contribution in [-0.4, -0.2) is 25.9 Å². The van der Waals surface area contributed by atoms with Gasteiger partial charge in [0, 0.05) is 21.4 Å². The molecule has 0 bridgehead atoms. The van der Waals surface area contributed by atoms with Crippen molar-refractivity contribution in [2.75, 3.05) is 0 Å². The summed E-state index contributed by atoms with van der Waals surface area (Å²) in [5.41, 5.74) is 0. The smallest absolute Gasteiger partial charge is 0.735 e. The van der Waals surface area contributed by atoms with Crippen molar-refractivity contribution in [3.8, 4) is 0 Å². The number of rotatable bonds is 0. The Kier molecular flexibility index (Phi) is 10.4. The number of hydrogen-bond acceptors (Lipinski definition) is 6. The van der Waals surface area contributed by atoms with Crippen LogP contribution in [0.1, 0.15) is 0 Å². The molecule has 0 spiro atoms. The third-order valence-corrected chi connectivity index (χ3v) is 0. The van der Waals surface area contributed by atoms with Crippen LogP contribution in [0.5, 0.6) is 0 Å². The van der Waals surface area contributed by atoms with Gasteiger partial charge in [-0.25, -0.2) is 16.8 Å². The molecule has 0 aliphatic rings. The zero-order valence-corrected chi connectivity index (χ0v) is 8.54. The fourth-order valence-electron chi connectivity index (χ4n) is 0. The van der Waals surface area contributed by atoms with Gasteiger partial charge in [0.25, 0.3) is 0 Å². The van der Waals surface area contributed by atoms with Crippen LogP contribution >= 0.6 is 21.4 Å². The molecule has 71 valence electrons. The second-order valence-electron chi connectivity index (χ2n) is 0.786. The van der Waals surface area contributed by atoms with E-state index < -0.39 is 18.7 Å². The third-order valence-electron chi connectivity index (χ3n) is 0. The first-order valence-corrected chi connectivity index (χ1v) is 5.78. The molecule has 0 aliphatic carbocycles. The summed E-state index contributed by atoms with van der Waals surface area (Å²) in [6.45, 7) is 0. The molecule has 0 atom stereocenters. The first-order valence-electron chi connectivity index (χ1n) is 1.31. The number of hydrogen-bond donors (Lipinski definition) is 0. The molecule has 0 fully saturated rings. The zero-order chi connectivity index (χ0) is 9.00. The second kappa shape index (κ2) is 6.43. The summed E-state index contributed by atoms with van der Waals surface area (Å²) >= 11 is 0. The summed E-state index contributed by atoms with van der Waals surface area (Å²) in [6.07, 6.45) is 0. The Balaban J connectivity index is -0.000000107. The van der Waals surface area contributed by atoms with Gasteiger partial charge in [-0.2, -0.15) is 0 Å². The average Bonchev–Trinajstić information content (AvgIpc) is 1.12. The number of halogens is 2. The molecule has 0 saturated heterocycles. The van der Waals surface area contributed by atoms with Gasteiger partial charge in [0.2, 0.25) is 0 Å². The Morgan fingerprint density at radius 1 is 0.818 bits per heavy atom. The molecular weight excluding hydrogens is 290 g/mol. The average molecular weight is 290 g/mol. The molecular formula is Cl2CoO6S2. The van der Waals surface area contributed by atoms with Crippen LogP contribution in [0.2, 0.25) is 0 Å². The molecule has 0 amide bonds. The standard InChI is InChI=1S/2ClHO3S.Co/c2*1-5(2,3)4;/h2*(H,2,3,4);/q;;+2/p-2. The van der Waals surface area contributed by atoms with E-state index in [0.717, 1.165) is 0 Å². The van der Waals surface area contributed by atoms with Crippen molar-refractivity contribution in [3.05, 3.63) is 0 Å². The van der Waals surface area contributed by atoms with Gasteiger partial charge in [-0.05, 0) is 0 Å². The van der Waals surface area contributed by atoms with Crippen molar-refractivity contribution in [2.45, 2.75) is 0 Å². The molecule has 6 nitrogen and oxygen atoms in total. The topological polar surface area (TPSA) is 114 Å². The maximum atomic E-state index is 8.84. The van der Waals surface area contributed by atoms with Crippen molar-refractivity contribution >= 4 is 40.0 Å². The quantitative estimate of drug-likeness (QED) is 0.433. The van der Waals surface area contributed by atoms with E-state index in [9.17, 15) is 0 Å². The van der Waals surface area contributed by atoms with Gasteiger partial charge in [0.05, 0.1) is 0 Å². The van der Waals surface area contributed by atoms with Crippen molar-refractivity contribution in [3.63, 3.8) is 0 Å². The largest absolute Gasteiger partial charge is 2.00 e. The van der Waals surface area contributed by atoms with Crippen LogP contribution in [0.25, 0.3) is 0 Å². The molecule has 0 aromatic heterocycles. The van der Waals surface area contributed by atoms with E-state index in [1.54, 1.807) is 0 Å². The fraction of sp³-hybridized carbons (Fsp3) is 0. The molecule has 0 aromatic rings. The Bertz CT molecular complexity index is 215. The maximum absolute atomic E-state index is 8.84. The van der Waals surface area contributed by atoms with Crippen molar-refractivity contribution in [1.29, 1.82) is 0 Å². The fourth-order valence-corrected chi connectivity index (χ4v) is 0. The van der Waals surface area contributed by atoms with Gasteiger partial charge in [0.15, 0.2) is 18.7 Å². The van der Waals surface area contributed by atoms with Crippen LogP contribution < -0.4 is 0 Å². The molecule has 0 heterocycles. The first-order chi connectivity index (χ1) is 4.00.